The minimum atomic E-state index is -0.678. The Hall–Kier alpha value is -4.34. The van der Waals surface area contributed by atoms with E-state index in [1.165, 1.54) is 5.69 Å². The molecule has 1 atom stereocenters. The summed E-state index contributed by atoms with van der Waals surface area (Å²) in [4.78, 5) is 34.7. The Balaban J connectivity index is 1.04. The average Bonchev–Trinajstić information content (AvgIpc) is 3.04. The fraction of sp³-hybridized carbons (Fsp3) is 0.353. The van der Waals surface area contributed by atoms with Crippen LogP contribution in [0.2, 0.25) is 0 Å². The number of fused-ring (bicyclic) bond motifs is 1. The monoisotopic (exact) mass is 581 g/mol. The molecular formula is C34H39N5O4. The molecule has 1 aromatic heterocycles. The Morgan fingerprint density at radius 1 is 0.837 bits per heavy atom. The van der Waals surface area contributed by atoms with Crippen molar-refractivity contribution in [1.82, 2.24) is 9.80 Å². The van der Waals surface area contributed by atoms with E-state index in [2.05, 4.69) is 56.4 Å². The van der Waals surface area contributed by atoms with Gasteiger partial charge in [0.2, 0.25) is 0 Å². The molecule has 6 rings (SSSR count). The number of piperazine rings is 2. The lowest BCUT2D eigenvalue weighted by Gasteiger charge is -2.37. The van der Waals surface area contributed by atoms with E-state index in [9.17, 15) is 14.7 Å². The number of nitrogens with one attached hydrogen (secondary N) is 1. The van der Waals surface area contributed by atoms with Crippen molar-refractivity contribution >= 4 is 34.1 Å². The van der Waals surface area contributed by atoms with Crippen LogP contribution in [0.5, 0.6) is 0 Å². The average molecular weight is 582 g/mol. The van der Waals surface area contributed by atoms with Gasteiger partial charge in [0.1, 0.15) is 5.58 Å². The molecule has 0 bridgehead atoms. The van der Waals surface area contributed by atoms with E-state index >= 15 is 0 Å². The molecule has 2 aliphatic heterocycles. The molecule has 1 unspecified atom stereocenters. The maximum Gasteiger partial charge on any atom is 0.339 e. The number of urea groups is 1. The zero-order valence-electron chi connectivity index (χ0n) is 24.6. The first-order valence-corrected chi connectivity index (χ1v) is 15.1. The minimum absolute atomic E-state index is 0.171. The third-order valence-electron chi connectivity index (χ3n) is 8.63. The second kappa shape index (κ2) is 12.9. The Kier molecular flexibility index (Phi) is 8.62. The van der Waals surface area contributed by atoms with Crippen molar-refractivity contribution in [2.75, 3.05) is 74.0 Å². The summed E-state index contributed by atoms with van der Waals surface area (Å²) < 4.78 is 5.70. The molecule has 2 aliphatic rings. The zero-order chi connectivity index (χ0) is 29.8. The number of aliphatic hydroxyl groups excluding tert-OH is 1. The highest BCUT2D eigenvalue weighted by atomic mass is 16.4. The summed E-state index contributed by atoms with van der Waals surface area (Å²) in [5, 5.41) is 14.7. The summed E-state index contributed by atoms with van der Waals surface area (Å²) in [6.45, 7) is 8.68. The van der Waals surface area contributed by atoms with Crippen molar-refractivity contribution in [1.29, 1.82) is 0 Å². The number of hydrogen-bond acceptors (Lipinski definition) is 7. The summed E-state index contributed by atoms with van der Waals surface area (Å²) in [7, 11) is 0. The Bertz CT molecular complexity index is 1590. The Morgan fingerprint density at radius 2 is 1.42 bits per heavy atom. The number of rotatable bonds is 7. The normalized spacial score (nSPS) is 16.8. The number of benzene rings is 3. The molecule has 0 aliphatic carbocycles. The van der Waals surface area contributed by atoms with Gasteiger partial charge >= 0.3 is 11.7 Å². The molecule has 2 amide bonds. The molecule has 224 valence electrons. The predicted octanol–water partition coefficient (Wildman–Crippen LogP) is 4.18. The molecule has 43 heavy (non-hydrogen) atoms. The van der Waals surface area contributed by atoms with Crippen LogP contribution in [0.25, 0.3) is 11.0 Å². The second-order valence-electron chi connectivity index (χ2n) is 11.4. The Labute approximate surface area is 251 Å². The van der Waals surface area contributed by atoms with Gasteiger partial charge in [-0.1, -0.05) is 36.4 Å². The maximum absolute atomic E-state index is 13.0. The molecule has 0 saturated carbocycles. The third-order valence-corrected chi connectivity index (χ3v) is 8.63. The molecule has 0 radical (unpaired) electrons. The quantitative estimate of drug-likeness (QED) is 0.317. The standard InChI is InChI=1S/C34H39N5O4/c1-25-30-13-12-26(35-34(42)39-20-18-38(19-21-39)28-10-6-3-7-11-28)22-32(30)43-33(41)31(25)23-29(40)24-36-14-16-37(17-15-36)27-8-4-2-5-9-27/h2-13,22,29,40H,14-21,23-24H2,1H3,(H,35,42). The number of β-amino-alcohol motifs (C(OH)–C–C–N with tert-alkyl or cyclic N) is 1. The van der Waals surface area contributed by atoms with Crippen LogP contribution >= 0.6 is 0 Å². The second-order valence-corrected chi connectivity index (χ2v) is 11.4. The summed E-state index contributed by atoms with van der Waals surface area (Å²) >= 11 is 0. The lowest BCUT2D eigenvalue weighted by Crippen LogP contribution is -2.50. The molecule has 4 aromatic rings. The number of carbonyl (C=O) groups excluding carboxylic acids is 1. The molecule has 3 aromatic carbocycles. The molecule has 9 heteroatoms. The molecule has 2 fully saturated rings. The van der Waals surface area contributed by atoms with Gasteiger partial charge in [0, 0.05) is 99.4 Å². The fourth-order valence-electron chi connectivity index (χ4n) is 6.14. The highest BCUT2D eigenvalue weighted by Gasteiger charge is 2.23. The van der Waals surface area contributed by atoms with E-state index in [4.69, 9.17) is 4.42 Å². The number of aryl methyl sites for hydroxylation is 1. The number of aliphatic hydroxyl groups is 1. The van der Waals surface area contributed by atoms with Crippen molar-refractivity contribution in [3.63, 3.8) is 0 Å². The first-order valence-electron chi connectivity index (χ1n) is 15.1. The van der Waals surface area contributed by atoms with Gasteiger partial charge in [-0.3, -0.25) is 4.90 Å². The van der Waals surface area contributed by atoms with Crippen LogP contribution in [0.15, 0.2) is 88.1 Å². The van der Waals surface area contributed by atoms with Crippen LogP contribution < -0.4 is 20.7 Å². The van der Waals surface area contributed by atoms with Crippen molar-refractivity contribution in [2.45, 2.75) is 19.4 Å². The van der Waals surface area contributed by atoms with Gasteiger partial charge in [-0.15, -0.1) is 0 Å². The van der Waals surface area contributed by atoms with Gasteiger partial charge in [0.25, 0.3) is 0 Å². The van der Waals surface area contributed by atoms with E-state index < -0.39 is 11.7 Å². The van der Waals surface area contributed by atoms with Gasteiger partial charge in [0.15, 0.2) is 0 Å². The number of amides is 2. The van der Waals surface area contributed by atoms with Crippen LogP contribution in [0, 0.1) is 6.92 Å². The smallest absolute Gasteiger partial charge is 0.339 e. The van der Waals surface area contributed by atoms with Gasteiger partial charge in [-0.2, -0.15) is 0 Å². The van der Waals surface area contributed by atoms with Gasteiger partial charge in [0.05, 0.1) is 6.10 Å². The molecule has 2 N–H and O–H groups in total. The molecule has 2 saturated heterocycles. The summed E-state index contributed by atoms with van der Waals surface area (Å²) in [5.41, 5.74) is 4.23. The molecule has 9 nitrogen and oxygen atoms in total. The largest absolute Gasteiger partial charge is 0.422 e. The molecule has 3 heterocycles. The first kappa shape index (κ1) is 28.8. The van der Waals surface area contributed by atoms with Crippen molar-refractivity contribution in [3.05, 3.63) is 100 Å². The maximum atomic E-state index is 13.0. The lowest BCUT2D eigenvalue weighted by atomic mass is 10.0. The topological polar surface area (TPSA) is 92.5 Å². The first-order chi connectivity index (χ1) is 20.9. The summed E-state index contributed by atoms with van der Waals surface area (Å²) in [6.07, 6.45) is -0.445. The van der Waals surface area contributed by atoms with E-state index in [-0.39, 0.29) is 12.5 Å². The number of carbonyl (C=O) groups is 1. The van der Waals surface area contributed by atoms with Crippen molar-refractivity contribution < 1.29 is 14.3 Å². The summed E-state index contributed by atoms with van der Waals surface area (Å²) in [6, 6.07) is 25.8. The predicted molar refractivity (Wildman–Crippen MR) is 171 cm³/mol. The SMILES string of the molecule is Cc1c(CC(O)CN2CCN(c3ccccc3)CC2)c(=O)oc2cc(NC(=O)N3CCN(c4ccccc4)CC3)ccc12. The van der Waals surface area contributed by atoms with E-state index in [0.29, 0.717) is 36.5 Å². The van der Waals surface area contributed by atoms with Crippen LogP contribution in [-0.2, 0) is 6.42 Å². The molecule has 0 spiro atoms. The highest BCUT2D eigenvalue weighted by molar-refractivity contribution is 5.93. The van der Waals surface area contributed by atoms with Crippen LogP contribution in [0.1, 0.15) is 11.1 Å². The number of para-hydroxylation sites is 2. The Morgan fingerprint density at radius 3 is 2.02 bits per heavy atom. The summed E-state index contributed by atoms with van der Waals surface area (Å²) in [5.74, 6) is 0. The lowest BCUT2D eigenvalue weighted by molar-refractivity contribution is 0.108. The van der Waals surface area contributed by atoms with Crippen LogP contribution in [-0.4, -0.2) is 85.9 Å². The number of anilines is 3. The third kappa shape index (κ3) is 6.68. The minimum Gasteiger partial charge on any atom is -0.422 e. The van der Waals surface area contributed by atoms with E-state index in [1.54, 1.807) is 11.0 Å². The van der Waals surface area contributed by atoms with E-state index in [1.807, 2.05) is 43.3 Å². The number of hydrogen-bond donors (Lipinski definition) is 2. The van der Waals surface area contributed by atoms with Crippen LogP contribution in [0.4, 0.5) is 21.9 Å². The zero-order valence-corrected chi connectivity index (χ0v) is 24.6. The molecular weight excluding hydrogens is 542 g/mol. The van der Waals surface area contributed by atoms with Crippen molar-refractivity contribution in [2.24, 2.45) is 0 Å². The van der Waals surface area contributed by atoms with Crippen LogP contribution in [0.3, 0.4) is 0 Å². The number of nitrogens with zero attached hydrogens (tertiary/aromatic N) is 4. The fourth-order valence-corrected chi connectivity index (χ4v) is 6.14. The van der Waals surface area contributed by atoms with Gasteiger partial charge < -0.3 is 29.5 Å². The van der Waals surface area contributed by atoms with E-state index in [0.717, 1.165) is 55.9 Å². The highest BCUT2D eigenvalue weighted by Crippen LogP contribution is 2.25. The van der Waals surface area contributed by atoms with Gasteiger partial charge in [-0.05, 0) is 48.9 Å². The van der Waals surface area contributed by atoms with Crippen molar-refractivity contribution in [3.8, 4) is 0 Å². The van der Waals surface area contributed by atoms with Gasteiger partial charge in [-0.25, -0.2) is 9.59 Å².